The highest BCUT2D eigenvalue weighted by atomic mass is 16.5. The standard InChI is InChI=1S/C26H23NO4/c1-31-21-15-9-8-14-20(21)23-22(24(28)19-12-6-3-7-13-19)25(29)26(30)27(23)17-16-18-10-4-2-5-11-18/h2-15,23,28H,16-17H2,1H3/b24-22-/t23-/m1/s1. The van der Waals surface area contributed by atoms with E-state index in [1.54, 1.807) is 37.4 Å². The van der Waals surface area contributed by atoms with E-state index in [4.69, 9.17) is 4.74 Å². The van der Waals surface area contributed by atoms with Gasteiger partial charge in [-0.15, -0.1) is 0 Å². The third-order valence-electron chi connectivity index (χ3n) is 5.50. The number of ether oxygens (including phenoxy) is 1. The number of Topliss-reactive ketones (excluding diaryl/α,β-unsaturated/α-hetero) is 1. The predicted molar refractivity (Wildman–Crippen MR) is 119 cm³/mol. The molecule has 5 nitrogen and oxygen atoms in total. The van der Waals surface area contributed by atoms with E-state index in [9.17, 15) is 14.7 Å². The SMILES string of the molecule is COc1ccccc1[C@@H]1/C(=C(/O)c2ccccc2)C(=O)C(=O)N1CCc1ccccc1. The number of benzene rings is 3. The van der Waals surface area contributed by atoms with E-state index in [1.165, 1.54) is 4.90 Å². The summed E-state index contributed by atoms with van der Waals surface area (Å²) in [5.74, 6) is -0.940. The van der Waals surface area contributed by atoms with E-state index in [2.05, 4.69) is 0 Å². The summed E-state index contributed by atoms with van der Waals surface area (Å²) in [7, 11) is 1.55. The zero-order valence-corrected chi connectivity index (χ0v) is 17.2. The van der Waals surface area contributed by atoms with Crippen molar-refractivity contribution in [3.8, 4) is 5.75 Å². The van der Waals surface area contributed by atoms with Crippen molar-refractivity contribution >= 4 is 17.4 Å². The third-order valence-corrected chi connectivity index (χ3v) is 5.50. The molecule has 1 aliphatic rings. The van der Waals surface area contributed by atoms with Crippen molar-refractivity contribution in [1.29, 1.82) is 0 Å². The second-order valence-corrected chi connectivity index (χ2v) is 7.34. The highest BCUT2D eigenvalue weighted by molar-refractivity contribution is 6.46. The summed E-state index contributed by atoms with van der Waals surface area (Å²) >= 11 is 0. The number of nitrogens with zero attached hydrogens (tertiary/aromatic N) is 1. The molecule has 0 unspecified atom stereocenters. The molecule has 1 aliphatic heterocycles. The summed E-state index contributed by atoms with van der Waals surface area (Å²) in [5.41, 5.74) is 2.29. The van der Waals surface area contributed by atoms with E-state index in [0.29, 0.717) is 29.8 Å². The van der Waals surface area contributed by atoms with Crippen LogP contribution in [-0.4, -0.2) is 35.4 Å². The Balaban J connectivity index is 1.82. The van der Waals surface area contributed by atoms with Crippen LogP contribution < -0.4 is 4.74 Å². The Bertz CT molecular complexity index is 1120. The maximum Gasteiger partial charge on any atom is 0.295 e. The predicted octanol–water partition coefficient (Wildman–Crippen LogP) is 4.36. The van der Waals surface area contributed by atoms with E-state index in [0.717, 1.165) is 5.56 Å². The second-order valence-electron chi connectivity index (χ2n) is 7.34. The molecule has 0 aromatic heterocycles. The average Bonchev–Trinajstić information content (AvgIpc) is 3.08. The number of aliphatic hydroxyl groups excluding tert-OH is 1. The van der Waals surface area contributed by atoms with Gasteiger partial charge in [-0.05, 0) is 18.1 Å². The van der Waals surface area contributed by atoms with Gasteiger partial charge in [0.15, 0.2) is 0 Å². The van der Waals surface area contributed by atoms with Crippen LogP contribution in [0.2, 0.25) is 0 Å². The monoisotopic (exact) mass is 413 g/mol. The Labute approximate surface area is 181 Å². The van der Waals surface area contributed by atoms with E-state index >= 15 is 0 Å². The normalized spacial score (nSPS) is 17.7. The number of hydrogen-bond acceptors (Lipinski definition) is 4. The van der Waals surface area contributed by atoms with Crippen molar-refractivity contribution in [2.75, 3.05) is 13.7 Å². The van der Waals surface area contributed by atoms with E-state index in [-0.39, 0.29) is 11.3 Å². The van der Waals surface area contributed by atoms with Crippen LogP contribution >= 0.6 is 0 Å². The van der Waals surface area contributed by atoms with Gasteiger partial charge in [0.05, 0.1) is 18.7 Å². The molecular weight excluding hydrogens is 390 g/mol. The molecule has 0 bridgehead atoms. The third kappa shape index (κ3) is 3.94. The first-order chi connectivity index (χ1) is 15.1. The molecule has 5 heteroatoms. The molecule has 1 heterocycles. The van der Waals surface area contributed by atoms with Crippen molar-refractivity contribution in [2.24, 2.45) is 0 Å². The molecule has 0 radical (unpaired) electrons. The molecule has 1 saturated heterocycles. The summed E-state index contributed by atoms with van der Waals surface area (Å²) in [5, 5.41) is 11.0. The number of para-hydroxylation sites is 1. The molecule has 4 rings (SSSR count). The lowest BCUT2D eigenvalue weighted by Gasteiger charge is -2.26. The summed E-state index contributed by atoms with van der Waals surface area (Å²) in [6, 6.07) is 25.1. The number of hydrogen-bond donors (Lipinski definition) is 1. The molecule has 1 fully saturated rings. The Morgan fingerprint density at radius 1 is 0.903 bits per heavy atom. The zero-order chi connectivity index (χ0) is 21.8. The van der Waals surface area contributed by atoms with Gasteiger partial charge in [0.25, 0.3) is 11.7 Å². The lowest BCUT2D eigenvalue weighted by atomic mass is 9.94. The van der Waals surface area contributed by atoms with Crippen LogP contribution in [0.25, 0.3) is 5.76 Å². The molecule has 3 aromatic carbocycles. The number of aliphatic hydroxyl groups is 1. The zero-order valence-electron chi connectivity index (χ0n) is 17.2. The van der Waals surface area contributed by atoms with Crippen molar-refractivity contribution < 1.29 is 19.4 Å². The highest BCUT2D eigenvalue weighted by Gasteiger charge is 2.46. The van der Waals surface area contributed by atoms with Crippen molar-refractivity contribution in [2.45, 2.75) is 12.5 Å². The lowest BCUT2D eigenvalue weighted by Crippen LogP contribution is -2.31. The maximum atomic E-state index is 13.1. The molecule has 156 valence electrons. The summed E-state index contributed by atoms with van der Waals surface area (Å²) < 4.78 is 5.52. The van der Waals surface area contributed by atoms with E-state index in [1.807, 2.05) is 54.6 Å². The fraction of sp³-hybridized carbons (Fsp3) is 0.154. The Kier molecular flexibility index (Phi) is 5.85. The number of rotatable bonds is 6. The molecular formula is C26H23NO4. The van der Waals surface area contributed by atoms with Gasteiger partial charge in [0.1, 0.15) is 11.5 Å². The van der Waals surface area contributed by atoms with Gasteiger partial charge in [-0.25, -0.2) is 0 Å². The topological polar surface area (TPSA) is 66.8 Å². The Morgan fingerprint density at radius 3 is 2.19 bits per heavy atom. The molecule has 1 N–H and O–H groups in total. The molecule has 1 amide bonds. The van der Waals surface area contributed by atoms with Gasteiger partial charge >= 0.3 is 0 Å². The van der Waals surface area contributed by atoms with Gasteiger partial charge < -0.3 is 14.7 Å². The van der Waals surface area contributed by atoms with Crippen LogP contribution in [0.5, 0.6) is 5.75 Å². The van der Waals surface area contributed by atoms with Crippen LogP contribution in [0.1, 0.15) is 22.7 Å². The summed E-state index contributed by atoms with van der Waals surface area (Å²) in [6.45, 7) is 0.336. The van der Waals surface area contributed by atoms with Crippen LogP contribution in [0.4, 0.5) is 0 Å². The lowest BCUT2D eigenvalue weighted by molar-refractivity contribution is -0.139. The van der Waals surface area contributed by atoms with Gasteiger partial charge in [-0.2, -0.15) is 0 Å². The number of ketones is 1. The molecule has 3 aromatic rings. The maximum absolute atomic E-state index is 13.1. The van der Waals surface area contributed by atoms with Gasteiger partial charge in [0, 0.05) is 17.7 Å². The van der Waals surface area contributed by atoms with Crippen LogP contribution in [-0.2, 0) is 16.0 Å². The quantitative estimate of drug-likeness (QED) is 0.370. The first kappa shape index (κ1) is 20.4. The van der Waals surface area contributed by atoms with Crippen molar-refractivity contribution in [1.82, 2.24) is 4.90 Å². The van der Waals surface area contributed by atoms with E-state index < -0.39 is 17.7 Å². The average molecular weight is 413 g/mol. The molecule has 1 atom stereocenters. The first-order valence-electron chi connectivity index (χ1n) is 10.1. The highest BCUT2D eigenvalue weighted by Crippen LogP contribution is 2.42. The molecule has 0 saturated carbocycles. The largest absolute Gasteiger partial charge is 0.507 e. The number of carbonyl (C=O) groups is 2. The minimum absolute atomic E-state index is 0.0776. The smallest absolute Gasteiger partial charge is 0.295 e. The number of likely N-dealkylation sites (tertiary alicyclic amines) is 1. The van der Waals surface area contributed by atoms with Crippen LogP contribution in [0.15, 0.2) is 90.5 Å². The summed E-state index contributed by atoms with van der Waals surface area (Å²) in [4.78, 5) is 27.7. The van der Waals surface area contributed by atoms with Gasteiger partial charge in [0.2, 0.25) is 0 Å². The fourth-order valence-electron chi connectivity index (χ4n) is 3.97. The number of methoxy groups -OCH3 is 1. The molecule has 0 aliphatic carbocycles. The number of carbonyl (C=O) groups excluding carboxylic acids is 2. The van der Waals surface area contributed by atoms with Crippen molar-refractivity contribution in [3.05, 3.63) is 107 Å². The second kappa shape index (κ2) is 8.88. The molecule has 31 heavy (non-hydrogen) atoms. The molecule has 0 spiro atoms. The van der Waals surface area contributed by atoms with Crippen LogP contribution in [0, 0.1) is 0 Å². The first-order valence-corrected chi connectivity index (χ1v) is 10.1. The van der Waals surface area contributed by atoms with Gasteiger partial charge in [-0.1, -0.05) is 78.9 Å². The number of amides is 1. The minimum atomic E-state index is -0.736. The van der Waals surface area contributed by atoms with Crippen LogP contribution in [0.3, 0.4) is 0 Å². The Hall–Kier alpha value is -3.86. The minimum Gasteiger partial charge on any atom is -0.507 e. The van der Waals surface area contributed by atoms with Gasteiger partial charge in [-0.3, -0.25) is 9.59 Å². The fourth-order valence-corrected chi connectivity index (χ4v) is 3.97. The summed E-state index contributed by atoms with van der Waals surface area (Å²) in [6.07, 6.45) is 0.588. The van der Waals surface area contributed by atoms with Crippen molar-refractivity contribution in [3.63, 3.8) is 0 Å². The Morgan fingerprint density at radius 2 is 1.52 bits per heavy atom.